The van der Waals surface area contributed by atoms with E-state index in [2.05, 4.69) is 5.10 Å². The molecule has 1 aromatic carbocycles. The Balaban J connectivity index is 1.43. The number of anilines is 1. The van der Waals surface area contributed by atoms with Crippen molar-refractivity contribution in [2.24, 2.45) is 14.1 Å². The predicted molar refractivity (Wildman–Crippen MR) is 99.9 cm³/mol. The molecule has 4 rings (SSSR count). The van der Waals surface area contributed by atoms with Gasteiger partial charge in [-0.3, -0.25) is 14.2 Å². The Kier molecular flexibility index (Phi) is 4.54. The summed E-state index contributed by atoms with van der Waals surface area (Å²) in [5.41, 5.74) is -0.916. The van der Waals surface area contributed by atoms with E-state index in [0.717, 1.165) is 9.25 Å². The fourth-order valence-electron chi connectivity index (χ4n) is 3.36. The molecule has 2 aromatic rings. The molecule has 148 valence electrons. The normalized spacial score (nSPS) is 18.9. The molecule has 2 aliphatic heterocycles. The average molecular weight is 387 g/mol. The quantitative estimate of drug-likeness (QED) is 0.650. The second-order valence-electron chi connectivity index (χ2n) is 6.77. The fourth-order valence-corrected chi connectivity index (χ4v) is 3.36. The number of carbonyl (C=O) groups excluding carboxylic acids is 1. The average Bonchev–Trinajstić information content (AvgIpc) is 2.74. The van der Waals surface area contributed by atoms with E-state index in [4.69, 9.17) is 9.47 Å². The van der Waals surface area contributed by atoms with Gasteiger partial charge in [0.2, 0.25) is 11.9 Å². The second kappa shape index (κ2) is 7.02. The first-order valence-corrected chi connectivity index (χ1v) is 9.02. The third-order valence-corrected chi connectivity index (χ3v) is 4.98. The van der Waals surface area contributed by atoms with Gasteiger partial charge in [-0.2, -0.15) is 0 Å². The summed E-state index contributed by atoms with van der Waals surface area (Å²) in [4.78, 5) is 40.4. The monoisotopic (exact) mass is 387 g/mol. The van der Waals surface area contributed by atoms with E-state index < -0.39 is 17.4 Å². The van der Waals surface area contributed by atoms with E-state index in [-0.39, 0.29) is 18.3 Å². The fraction of sp³-hybridized carbons (Fsp3) is 0.444. The summed E-state index contributed by atoms with van der Waals surface area (Å²) in [5, 5.41) is 4.09. The van der Waals surface area contributed by atoms with Gasteiger partial charge in [0.25, 0.3) is 11.5 Å². The lowest BCUT2D eigenvalue weighted by Crippen LogP contribution is -2.55. The van der Waals surface area contributed by atoms with Crippen LogP contribution in [0.15, 0.2) is 33.9 Å². The van der Waals surface area contributed by atoms with Crippen molar-refractivity contribution in [3.05, 3.63) is 45.1 Å². The first-order valence-electron chi connectivity index (χ1n) is 9.02. The third-order valence-electron chi connectivity index (χ3n) is 4.98. The van der Waals surface area contributed by atoms with E-state index in [1.54, 1.807) is 21.9 Å². The van der Waals surface area contributed by atoms with Gasteiger partial charge in [-0.1, -0.05) is 12.1 Å². The van der Waals surface area contributed by atoms with Gasteiger partial charge in [0.1, 0.15) is 6.61 Å². The SMILES string of the molecule is Cn1nc(N2CCN(C(=O)[C@H]3COc4ccccc4O3)CC2)c(=O)n(C)c1=O. The molecule has 0 N–H and O–H groups in total. The summed E-state index contributed by atoms with van der Waals surface area (Å²) < 4.78 is 13.6. The summed E-state index contributed by atoms with van der Waals surface area (Å²) in [7, 11) is 2.93. The largest absolute Gasteiger partial charge is 0.485 e. The maximum absolute atomic E-state index is 12.8. The Morgan fingerprint density at radius 2 is 1.75 bits per heavy atom. The van der Waals surface area contributed by atoms with Gasteiger partial charge in [-0.15, -0.1) is 5.10 Å². The van der Waals surface area contributed by atoms with Crippen LogP contribution < -0.4 is 25.6 Å². The van der Waals surface area contributed by atoms with Crippen LogP contribution in [-0.2, 0) is 18.9 Å². The number of nitrogens with zero attached hydrogens (tertiary/aromatic N) is 5. The highest BCUT2D eigenvalue weighted by atomic mass is 16.6. The zero-order chi connectivity index (χ0) is 19.8. The van der Waals surface area contributed by atoms with Crippen LogP contribution in [0.2, 0.25) is 0 Å². The molecule has 28 heavy (non-hydrogen) atoms. The van der Waals surface area contributed by atoms with Crippen LogP contribution in [0, 0.1) is 0 Å². The topological polar surface area (TPSA) is 98.9 Å². The van der Waals surface area contributed by atoms with Gasteiger partial charge in [0, 0.05) is 40.3 Å². The lowest BCUT2D eigenvalue weighted by atomic mass is 10.2. The minimum atomic E-state index is -0.690. The Morgan fingerprint density at radius 3 is 2.46 bits per heavy atom. The Morgan fingerprint density at radius 1 is 1.07 bits per heavy atom. The number of carbonyl (C=O) groups is 1. The molecule has 10 nitrogen and oxygen atoms in total. The molecule has 1 saturated heterocycles. The summed E-state index contributed by atoms with van der Waals surface area (Å²) in [6.45, 7) is 1.90. The molecule has 0 aliphatic carbocycles. The first kappa shape index (κ1) is 18.1. The number of fused-ring (bicyclic) bond motifs is 1. The summed E-state index contributed by atoms with van der Waals surface area (Å²) in [6, 6.07) is 7.25. The van der Waals surface area contributed by atoms with Crippen molar-refractivity contribution in [3.63, 3.8) is 0 Å². The van der Waals surface area contributed by atoms with Crippen LogP contribution in [0.5, 0.6) is 11.5 Å². The lowest BCUT2D eigenvalue weighted by molar-refractivity contribution is -0.141. The first-order chi connectivity index (χ1) is 13.5. The van der Waals surface area contributed by atoms with E-state index in [1.807, 2.05) is 12.1 Å². The van der Waals surface area contributed by atoms with Gasteiger partial charge < -0.3 is 19.3 Å². The number of aromatic nitrogens is 3. The van der Waals surface area contributed by atoms with Crippen molar-refractivity contribution >= 4 is 11.7 Å². The number of hydrogen-bond acceptors (Lipinski definition) is 7. The molecular weight excluding hydrogens is 366 g/mol. The van der Waals surface area contributed by atoms with Gasteiger partial charge in [-0.05, 0) is 12.1 Å². The molecular formula is C18H21N5O5. The van der Waals surface area contributed by atoms with E-state index in [9.17, 15) is 14.4 Å². The number of hydrogen-bond donors (Lipinski definition) is 0. The van der Waals surface area contributed by atoms with Crippen LogP contribution in [0.1, 0.15) is 0 Å². The van der Waals surface area contributed by atoms with Crippen molar-refractivity contribution in [3.8, 4) is 11.5 Å². The number of piperazine rings is 1. The van der Waals surface area contributed by atoms with Crippen LogP contribution in [0.4, 0.5) is 5.82 Å². The van der Waals surface area contributed by atoms with Gasteiger partial charge in [-0.25, -0.2) is 9.48 Å². The van der Waals surface area contributed by atoms with Crippen molar-refractivity contribution < 1.29 is 14.3 Å². The number of para-hydroxylation sites is 2. The predicted octanol–water partition coefficient (Wildman–Crippen LogP) is -1.03. The maximum atomic E-state index is 12.8. The number of amides is 1. The Hall–Kier alpha value is -3.30. The molecule has 1 atom stereocenters. The molecule has 10 heteroatoms. The smallest absolute Gasteiger partial charge is 0.346 e. The molecule has 0 radical (unpaired) electrons. The van der Waals surface area contributed by atoms with Gasteiger partial charge in [0.05, 0.1) is 0 Å². The van der Waals surface area contributed by atoms with Crippen molar-refractivity contribution in [1.29, 1.82) is 0 Å². The van der Waals surface area contributed by atoms with E-state index in [0.29, 0.717) is 37.7 Å². The molecule has 0 unspecified atom stereocenters. The van der Waals surface area contributed by atoms with Crippen LogP contribution >= 0.6 is 0 Å². The van der Waals surface area contributed by atoms with E-state index in [1.165, 1.54) is 14.1 Å². The Bertz CT molecular complexity index is 1020. The van der Waals surface area contributed by atoms with Crippen molar-refractivity contribution in [1.82, 2.24) is 19.2 Å². The lowest BCUT2D eigenvalue weighted by Gasteiger charge is -2.37. The second-order valence-corrected chi connectivity index (χ2v) is 6.77. The standard InChI is InChI=1S/C18H21N5O5/c1-20-17(25)15(19-21(2)18(20)26)22-7-9-23(10-8-22)16(24)14-11-27-12-5-3-4-6-13(12)28-14/h3-6,14H,7-11H2,1-2H3/t14-/m1/s1. The maximum Gasteiger partial charge on any atom is 0.346 e. The van der Waals surface area contributed by atoms with Crippen molar-refractivity contribution in [2.45, 2.75) is 6.10 Å². The van der Waals surface area contributed by atoms with E-state index >= 15 is 0 Å². The minimum absolute atomic E-state index is 0.143. The molecule has 3 heterocycles. The minimum Gasteiger partial charge on any atom is -0.485 e. The molecule has 2 aliphatic rings. The molecule has 1 aromatic heterocycles. The number of aryl methyl sites for hydroxylation is 1. The van der Waals surface area contributed by atoms with Gasteiger partial charge in [0.15, 0.2) is 11.5 Å². The Labute approximate surface area is 160 Å². The molecule has 1 amide bonds. The molecule has 0 bridgehead atoms. The van der Waals surface area contributed by atoms with Gasteiger partial charge >= 0.3 is 5.69 Å². The molecule has 0 saturated carbocycles. The summed E-state index contributed by atoms with van der Waals surface area (Å²) in [6.07, 6.45) is -0.690. The summed E-state index contributed by atoms with van der Waals surface area (Å²) in [5.74, 6) is 1.26. The highest BCUT2D eigenvalue weighted by Crippen LogP contribution is 2.31. The van der Waals surface area contributed by atoms with Crippen LogP contribution in [0.25, 0.3) is 0 Å². The zero-order valence-electron chi connectivity index (χ0n) is 15.7. The number of rotatable bonds is 2. The highest BCUT2D eigenvalue weighted by molar-refractivity contribution is 5.82. The zero-order valence-corrected chi connectivity index (χ0v) is 15.7. The third kappa shape index (κ3) is 3.10. The molecule has 0 spiro atoms. The highest BCUT2D eigenvalue weighted by Gasteiger charge is 2.33. The van der Waals surface area contributed by atoms with Crippen LogP contribution in [-0.4, -0.2) is 64.0 Å². The number of benzene rings is 1. The van der Waals surface area contributed by atoms with Crippen LogP contribution in [0.3, 0.4) is 0 Å². The molecule has 1 fully saturated rings. The number of ether oxygens (including phenoxy) is 2. The summed E-state index contributed by atoms with van der Waals surface area (Å²) >= 11 is 0. The van der Waals surface area contributed by atoms with Crippen molar-refractivity contribution in [2.75, 3.05) is 37.7 Å².